The molecular formula is C15H21ClN2O5S. The first-order valence-electron chi connectivity index (χ1n) is 7.55. The van der Waals surface area contributed by atoms with Crippen molar-refractivity contribution in [2.75, 3.05) is 52.3 Å². The lowest BCUT2D eigenvalue weighted by Crippen LogP contribution is -2.52. The van der Waals surface area contributed by atoms with Crippen LogP contribution >= 0.6 is 11.6 Å². The average molecular weight is 377 g/mol. The fraction of sp³-hybridized carbons (Fsp3) is 0.533. The van der Waals surface area contributed by atoms with E-state index in [1.165, 1.54) is 11.4 Å². The maximum atomic E-state index is 12.2. The minimum absolute atomic E-state index is 0.0445. The molecule has 1 saturated heterocycles. The van der Waals surface area contributed by atoms with E-state index in [4.69, 9.17) is 21.1 Å². The lowest BCUT2D eigenvalue weighted by Gasteiger charge is -2.33. The third-order valence-corrected chi connectivity index (χ3v) is 5.79. The zero-order chi connectivity index (χ0) is 17.6. The number of halogens is 1. The summed E-state index contributed by atoms with van der Waals surface area (Å²) in [6.07, 6.45) is 0. The molecular weight excluding hydrogens is 356 g/mol. The number of nitrogens with zero attached hydrogens (tertiary/aromatic N) is 2. The lowest BCUT2D eigenvalue weighted by atomic mass is 10.3. The van der Waals surface area contributed by atoms with Crippen LogP contribution in [0, 0.1) is 0 Å². The first-order chi connectivity index (χ1) is 11.4. The summed E-state index contributed by atoms with van der Waals surface area (Å²) >= 11 is 5.79. The highest BCUT2D eigenvalue weighted by molar-refractivity contribution is 7.89. The van der Waals surface area contributed by atoms with Gasteiger partial charge in [-0.05, 0) is 24.3 Å². The number of piperazine rings is 1. The van der Waals surface area contributed by atoms with E-state index in [-0.39, 0.29) is 24.9 Å². The fourth-order valence-corrected chi connectivity index (χ4v) is 3.78. The third-order valence-electron chi connectivity index (χ3n) is 3.71. The van der Waals surface area contributed by atoms with Crippen LogP contribution in [0.3, 0.4) is 0 Å². The highest BCUT2D eigenvalue weighted by atomic mass is 35.5. The van der Waals surface area contributed by atoms with Crippen molar-refractivity contribution in [3.8, 4) is 5.75 Å². The van der Waals surface area contributed by atoms with Gasteiger partial charge in [-0.25, -0.2) is 8.42 Å². The molecule has 1 aliphatic rings. The SMILES string of the molecule is COCCS(=O)(=O)N1CCN(C(=O)COc2ccc(Cl)cc2)CC1. The standard InChI is InChI=1S/C15H21ClN2O5S/c1-22-10-11-24(20,21)18-8-6-17(7-9-18)15(19)12-23-14-4-2-13(16)3-5-14/h2-5H,6-12H2,1H3. The smallest absolute Gasteiger partial charge is 0.260 e. The molecule has 0 radical (unpaired) electrons. The Morgan fingerprint density at radius 3 is 2.38 bits per heavy atom. The van der Waals surface area contributed by atoms with E-state index in [0.29, 0.717) is 37.0 Å². The highest BCUT2D eigenvalue weighted by Crippen LogP contribution is 2.16. The molecule has 1 fully saturated rings. The van der Waals surface area contributed by atoms with Crippen molar-refractivity contribution in [1.29, 1.82) is 0 Å². The first-order valence-corrected chi connectivity index (χ1v) is 9.54. The Balaban J connectivity index is 1.79. The minimum Gasteiger partial charge on any atom is -0.484 e. The number of carbonyl (C=O) groups is 1. The summed E-state index contributed by atoms with van der Waals surface area (Å²) in [6, 6.07) is 6.75. The molecule has 24 heavy (non-hydrogen) atoms. The Labute approximate surface area is 147 Å². The molecule has 1 amide bonds. The van der Waals surface area contributed by atoms with E-state index in [1.54, 1.807) is 29.2 Å². The van der Waals surface area contributed by atoms with Crippen molar-refractivity contribution in [2.24, 2.45) is 0 Å². The zero-order valence-corrected chi connectivity index (χ0v) is 15.1. The van der Waals surface area contributed by atoms with Crippen LogP contribution in [0.5, 0.6) is 5.75 Å². The first kappa shape index (κ1) is 19.0. The van der Waals surface area contributed by atoms with Gasteiger partial charge in [0.15, 0.2) is 6.61 Å². The molecule has 2 rings (SSSR count). The van der Waals surface area contributed by atoms with Crippen molar-refractivity contribution < 1.29 is 22.7 Å². The van der Waals surface area contributed by atoms with Gasteiger partial charge in [0.25, 0.3) is 5.91 Å². The number of hydrogen-bond donors (Lipinski definition) is 0. The van der Waals surface area contributed by atoms with Crippen LogP contribution in [-0.2, 0) is 19.6 Å². The molecule has 1 heterocycles. The minimum atomic E-state index is -3.33. The topological polar surface area (TPSA) is 76.2 Å². The number of methoxy groups -OCH3 is 1. The van der Waals surface area contributed by atoms with Crippen molar-refractivity contribution >= 4 is 27.5 Å². The van der Waals surface area contributed by atoms with Crippen LogP contribution in [0.2, 0.25) is 5.02 Å². The lowest BCUT2D eigenvalue weighted by molar-refractivity contribution is -0.134. The molecule has 1 aromatic carbocycles. The molecule has 9 heteroatoms. The van der Waals surface area contributed by atoms with Gasteiger partial charge in [-0.2, -0.15) is 4.31 Å². The van der Waals surface area contributed by atoms with E-state index in [1.807, 2.05) is 0 Å². The maximum absolute atomic E-state index is 12.2. The van der Waals surface area contributed by atoms with Crippen LogP contribution in [-0.4, -0.2) is 75.8 Å². The zero-order valence-electron chi connectivity index (χ0n) is 13.5. The Morgan fingerprint density at radius 1 is 1.17 bits per heavy atom. The van der Waals surface area contributed by atoms with Crippen LogP contribution in [0.25, 0.3) is 0 Å². The molecule has 1 aromatic rings. The molecule has 1 aliphatic heterocycles. The van der Waals surface area contributed by atoms with Gasteiger partial charge in [0.2, 0.25) is 10.0 Å². The van der Waals surface area contributed by atoms with Gasteiger partial charge in [-0.3, -0.25) is 4.79 Å². The van der Waals surface area contributed by atoms with Crippen molar-refractivity contribution in [3.05, 3.63) is 29.3 Å². The predicted octanol–water partition coefficient (Wildman–Crippen LogP) is 0.839. The molecule has 0 aromatic heterocycles. The second-order valence-electron chi connectivity index (χ2n) is 5.33. The molecule has 0 saturated carbocycles. The van der Waals surface area contributed by atoms with Crippen LogP contribution in [0.4, 0.5) is 0 Å². The van der Waals surface area contributed by atoms with E-state index >= 15 is 0 Å². The van der Waals surface area contributed by atoms with Crippen molar-refractivity contribution in [2.45, 2.75) is 0 Å². The predicted molar refractivity (Wildman–Crippen MR) is 90.8 cm³/mol. The summed E-state index contributed by atoms with van der Waals surface area (Å²) in [5, 5.41) is 0.597. The van der Waals surface area contributed by atoms with Crippen molar-refractivity contribution in [3.63, 3.8) is 0 Å². The second kappa shape index (κ2) is 8.66. The summed E-state index contributed by atoms with van der Waals surface area (Å²) in [7, 11) is -1.86. The van der Waals surface area contributed by atoms with Gasteiger partial charge in [0.1, 0.15) is 5.75 Å². The number of sulfonamides is 1. The largest absolute Gasteiger partial charge is 0.484 e. The number of amides is 1. The molecule has 0 unspecified atom stereocenters. The van der Waals surface area contributed by atoms with Crippen LogP contribution < -0.4 is 4.74 Å². The monoisotopic (exact) mass is 376 g/mol. The third kappa shape index (κ3) is 5.34. The Hall–Kier alpha value is -1.35. The molecule has 0 N–H and O–H groups in total. The number of carbonyl (C=O) groups excluding carboxylic acids is 1. The molecule has 0 atom stereocenters. The Bertz CT molecular complexity index is 642. The van der Waals surface area contributed by atoms with Gasteiger partial charge in [0, 0.05) is 38.3 Å². The number of hydrogen-bond acceptors (Lipinski definition) is 5. The summed E-state index contributed by atoms with van der Waals surface area (Å²) < 4.78 is 35.8. The molecule has 7 nitrogen and oxygen atoms in total. The van der Waals surface area contributed by atoms with E-state index in [2.05, 4.69) is 0 Å². The summed E-state index contributed by atoms with van der Waals surface area (Å²) in [5.74, 6) is 0.351. The van der Waals surface area contributed by atoms with E-state index in [9.17, 15) is 13.2 Å². The van der Waals surface area contributed by atoms with Gasteiger partial charge in [-0.1, -0.05) is 11.6 Å². The van der Waals surface area contributed by atoms with Gasteiger partial charge < -0.3 is 14.4 Å². The van der Waals surface area contributed by atoms with Gasteiger partial charge in [0.05, 0.1) is 12.4 Å². The fourth-order valence-electron chi connectivity index (χ4n) is 2.30. The highest BCUT2D eigenvalue weighted by Gasteiger charge is 2.28. The normalized spacial score (nSPS) is 16.2. The summed E-state index contributed by atoms with van der Waals surface area (Å²) in [5.41, 5.74) is 0. The average Bonchev–Trinajstić information content (AvgIpc) is 2.59. The maximum Gasteiger partial charge on any atom is 0.260 e. The molecule has 134 valence electrons. The number of rotatable bonds is 7. The van der Waals surface area contributed by atoms with E-state index in [0.717, 1.165) is 0 Å². The molecule has 0 aliphatic carbocycles. The Morgan fingerprint density at radius 2 is 1.79 bits per heavy atom. The number of ether oxygens (including phenoxy) is 2. The van der Waals surface area contributed by atoms with Gasteiger partial charge in [-0.15, -0.1) is 0 Å². The van der Waals surface area contributed by atoms with Crippen LogP contribution in [0.1, 0.15) is 0 Å². The second-order valence-corrected chi connectivity index (χ2v) is 7.86. The van der Waals surface area contributed by atoms with E-state index < -0.39 is 10.0 Å². The quantitative estimate of drug-likeness (QED) is 0.704. The van der Waals surface area contributed by atoms with Crippen LogP contribution in [0.15, 0.2) is 24.3 Å². The molecule has 0 bridgehead atoms. The number of benzene rings is 1. The summed E-state index contributed by atoms with van der Waals surface area (Å²) in [4.78, 5) is 13.8. The Kier molecular flexibility index (Phi) is 6.85. The van der Waals surface area contributed by atoms with Crippen molar-refractivity contribution in [1.82, 2.24) is 9.21 Å². The summed E-state index contributed by atoms with van der Waals surface area (Å²) in [6.45, 7) is 1.37. The van der Waals surface area contributed by atoms with Gasteiger partial charge >= 0.3 is 0 Å². The molecule has 0 spiro atoms.